The Hall–Kier alpha value is -1.10. The number of nitrogens with zero attached hydrogens (tertiary/aromatic N) is 2. The molecule has 1 saturated carbocycles. The molecule has 0 bridgehead atoms. The zero-order valence-electron chi connectivity index (χ0n) is 13.4. The first kappa shape index (κ1) is 16.3. The van der Waals surface area contributed by atoms with Crippen LogP contribution in [-0.4, -0.2) is 59.5 Å². The van der Waals surface area contributed by atoms with Gasteiger partial charge in [-0.05, 0) is 24.7 Å². The summed E-state index contributed by atoms with van der Waals surface area (Å²) >= 11 is 0. The van der Waals surface area contributed by atoms with Crippen LogP contribution in [0.2, 0.25) is 0 Å². The lowest BCUT2D eigenvalue weighted by Crippen LogP contribution is -2.51. The van der Waals surface area contributed by atoms with Gasteiger partial charge >= 0.3 is 5.97 Å². The lowest BCUT2D eigenvalue weighted by atomic mass is 9.94. The zero-order chi connectivity index (χ0) is 15.6. The predicted octanol–water partition coefficient (Wildman–Crippen LogP) is 1.53. The van der Waals surface area contributed by atoms with Crippen LogP contribution in [0.1, 0.15) is 33.6 Å². The Balaban J connectivity index is 1.91. The van der Waals surface area contributed by atoms with Crippen molar-refractivity contribution in [1.29, 1.82) is 0 Å². The molecule has 120 valence electrons. The molecule has 0 aromatic rings. The average Bonchev–Trinajstić information content (AvgIpc) is 2.80. The molecule has 1 heterocycles. The van der Waals surface area contributed by atoms with Gasteiger partial charge in [0.15, 0.2) is 0 Å². The Morgan fingerprint density at radius 2 is 1.67 bits per heavy atom. The first-order chi connectivity index (χ1) is 9.88. The standard InChI is InChI=1S/C16H28N2O3/c1-11(2)10-17-4-6-18(7-5-17)15(19)13-8-12(3)9-14(13)16(20)21/h11-14H,4-10H2,1-3H3,(H,20,21). The first-order valence-corrected chi connectivity index (χ1v) is 8.12. The van der Waals surface area contributed by atoms with Crippen LogP contribution in [0, 0.1) is 23.7 Å². The Kier molecular flexibility index (Phi) is 5.25. The van der Waals surface area contributed by atoms with Crippen LogP contribution in [-0.2, 0) is 9.59 Å². The largest absolute Gasteiger partial charge is 0.481 e. The summed E-state index contributed by atoms with van der Waals surface area (Å²) in [6.45, 7) is 10.8. The highest BCUT2D eigenvalue weighted by Gasteiger charge is 2.43. The number of amides is 1. The number of piperazine rings is 1. The number of carbonyl (C=O) groups is 2. The molecule has 0 spiro atoms. The third-order valence-corrected chi connectivity index (χ3v) is 4.74. The predicted molar refractivity (Wildman–Crippen MR) is 80.9 cm³/mol. The summed E-state index contributed by atoms with van der Waals surface area (Å²) in [6.07, 6.45) is 1.36. The summed E-state index contributed by atoms with van der Waals surface area (Å²) in [5, 5.41) is 9.31. The van der Waals surface area contributed by atoms with Crippen molar-refractivity contribution in [2.75, 3.05) is 32.7 Å². The Morgan fingerprint density at radius 3 is 2.19 bits per heavy atom. The van der Waals surface area contributed by atoms with Crippen molar-refractivity contribution in [1.82, 2.24) is 9.80 Å². The Morgan fingerprint density at radius 1 is 1.10 bits per heavy atom. The van der Waals surface area contributed by atoms with Gasteiger partial charge in [-0.15, -0.1) is 0 Å². The van der Waals surface area contributed by atoms with Gasteiger partial charge in [0.1, 0.15) is 0 Å². The highest BCUT2D eigenvalue weighted by Crippen LogP contribution is 2.37. The molecule has 0 aromatic heterocycles. The molecular weight excluding hydrogens is 268 g/mol. The van der Waals surface area contributed by atoms with E-state index in [-0.39, 0.29) is 11.8 Å². The van der Waals surface area contributed by atoms with Crippen LogP contribution in [0.5, 0.6) is 0 Å². The molecule has 1 saturated heterocycles. The van der Waals surface area contributed by atoms with Crippen LogP contribution in [0.15, 0.2) is 0 Å². The van der Waals surface area contributed by atoms with E-state index in [0.717, 1.165) is 39.1 Å². The summed E-state index contributed by atoms with van der Waals surface area (Å²) in [7, 11) is 0. The number of carboxylic acids is 1. The minimum Gasteiger partial charge on any atom is -0.481 e. The van der Waals surface area contributed by atoms with Gasteiger partial charge in [-0.25, -0.2) is 0 Å². The van der Waals surface area contributed by atoms with E-state index in [0.29, 0.717) is 18.3 Å². The van der Waals surface area contributed by atoms with Crippen LogP contribution in [0.25, 0.3) is 0 Å². The molecule has 1 aliphatic carbocycles. The summed E-state index contributed by atoms with van der Waals surface area (Å²) in [5.41, 5.74) is 0. The van der Waals surface area contributed by atoms with Crippen molar-refractivity contribution in [3.05, 3.63) is 0 Å². The topological polar surface area (TPSA) is 60.9 Å². The number of hydrogen-bond acceptors (Lipinski definition) is 3. The number of carboxylic acid groups (broad SMARTS) is 1. The van der Waals surface area contributed by atoms with Gasteiger partial charge in [0, 0.05) is 32.7 Å². The average molecular weight is 296 g/mol. The van der Waals surface area contributed by atoms with Crippen molar-refractivity contribution < 1.29 is 14.7 Å². The van der Waals surface area contributed by atoms with Gasteiger partial charge in [-0.2, -0.15) is 0 Å². The van der Waals surface area contributed by atoms with Gasteiger partial charge in [0.2, 0.25) is 5.91 Å². The van der Waals surface area contributed by atoms with E-state index in [4.69, 9.17) is 0 Å². The van der Waals surface area contributed by atoms with Crippen LogP contribution in [0.3, 0.4) is 0 Å². The molecule has 5 nitrogen and oxygen atoms in total. The Bertz CT molecular complexity index is 389. The van der Waals surface area contributed by atoms with Crippen molar-refractivity contribution in [3.8, 4) is 0 Å². The fraction of sp³-hybridized carbons (Fsp3) is 0.875. The maximum atomic E-state index is 12.6. The van der Waals surface area contributed by atoms with E-state index in [9.17, 15) is 14.7 Å². The number of rotatable bonds is 4. The highest BCUT2D eigenvalue weighted by molar-refractivity contribution is 5.85. The first-order valence-electron chi connectivity index (χ1n) is 8.12. The van der Waals surface area contributed by atoms with Crippen LogP contribution < -0.4 is 0 Å². The van der Waals surface area contributed by atoms with Crippen molar-refractivity contribution >= 4 is 11.9 Å². The van der Waals surface area contributed by atoms with Gasteiger partial charge in [0.25, 0.3) is 0 Å². The monoisotopic (exact) mass is 296 g/mol. The summed E-state index contributed by atoms with van der Waals surface area (Å²) in [4.78, 5) is 28.2. The zero-order valence-corrected chi connectivity index (χ0v) is 13.4. The molecule has 2 fully saturated rings. The van der Waals surface area contributed by atoms with Crippen molar-refractivity contribution in [2.24, 2.45) is 23.7 Å². The second-order valence-corrected chi connectivity index (χ2v) is 7.15. The van der Waals surface area contributed by atoms with Gasteiger partial charge < -0.3 is 10.0 Å². The summed E-state index contributed by atoms with van der Waals surface area (Å²) < 4.78 is 0. The molecule has 3 unspecified atom stereocenters. The number of hydrogen-bond donors (Lipinski definition) is 1. The molecule has 0 radical (unpaired) electrons. The maximum absolute atomic E-state index is 12.6. The fourth-order valence-corrected chi connectivity index (χ4v) is 3.74. The molecule has 0 aromatic carbocycles. The molecule has 5 heteroatoms. The third kappa shape index (κ3) is 3.96. The molecule has 1 amide bonds. The summed E-state index contributed by atoms with van der Waals surface area (Å²) in [6, 6.07) is 0. The second kappa shape index (κ2) is 6.77. The van der Waals surface area contributed by atoms with E-state index in [1.165, 1.54) is 0 Å². The van der Waals surface area contributed by atoms with E-state index in [1.54, 1.807) is 0 Å². The molecule has 21 heavy (non-hydrogen) atoms. The van der Waals surface area contributed by atoms with E-state index >= 15 is 0 Å². The number of aliphatic carboxylic acids is 1. The van der Waals surface area contributed by atoms with Gasteiger partial charge in [-0.1, -0.05) is 20.8 Å². The minimum atomic E-state index is -0.809. The molecule has 3 atom stereocenters. The van der Waals surface area contributed by atoms with E-state index in [2.05, 4.69) is 18.7 Å². The Labute approximate surface area is 127 Å². The van der Waals surface area contributed by atoms with E-state index in [1.807, 2.05) is 11.8 Å². The molecule has 1 N–H and O–H groups in total. The quantitative estimate of drug-likeness (QED) is 0.855. The van der Waals surface area contributed by atoms with E-state index < -0.39 is 11.9 Å². The van der Waals surface area contributed by atoms with Gasteiger partial charge in [-0.3, -0.25) is 14.5 Å². The third-order valence-electron chi connectivity index (χ3n) is 4.74. The molecule has 1 aliphatic heterocycles. The molecule has 2 rings (SSSR count). The van der Waals surface area contributed by atoms with Crippen molar-refractivity contribution in [3.63, 3.8) is 0 Å². The lowest BCUT2D eigenvalue weighted by Gasteiger charge is -2.37. The smallest absolute Gasteiger partial charge is 0.307 e. The SMILES string of the molecule is CC(C)CN1CCN(C(=O)C2CC(C)CC2C(=O)O)CC1. The summed E-state index contributed by atoms with van der Waals surface area (Å²) in [5.74, 6) is -0.566. The minimum absolute atomic E-state index is 0.0657. The molecular formula is C16H28N2O3. The maximum Gasteiger partial charge on any atom is 0.307 e. The van der Waals surface area contributed by atoms with Crippen LogP contribution in [0.4, 0.5) is 0 Å². The number of carbonyl (C=O) groups excluding carboxylic acids is 1. The lowest BCUT2D eigenvalue weighted by molar-refractivity contribution is -0.149. The second-order valence-electron chi connectivity index (χ2n) is 7.15. The highest BCUT2D eigenvalue weighted by atomic mass is 16.4. The normalized spacial score (nSPS) is 30.9. The van der Waals surface area contributed by atoms with Crippen molar-refractivity contribution in [2.45, 2.75) is 33.6 Å². The van der Waals surface area contributed by atoms with Gasteiger partial charge in [0.05, 0.1) is 11.8 Å². The molecule has 2 aliphatic rings. The van der Waals surface area contributed by atoms with Crippen LogP contribution >= 0.6 is 0 Å². The fourth-order valence-electron chi connectivity index (χ4n) is 3.74.